The van der Waals surface area contributed by atoms with Crippen molar-refractivity contribution in [2.75, 3.05) is 0 Å². The molecule has 2 rings (SSSR count). The van der Waals surface area contributed by atoms with Crippen LogP contribution >= 0.6 is 0 Å². The maximum Gasteiger partial charge on any atom is 0.0456 e. The topological polar surface area (TPSA) is 15.8 Å². The molecule has 1 aromatic heterocycles. The maximum absolute atomic E-state index is 3.28. The lowest BCUT2D eigenvalue weighted by atomic mass is 10.1. The number of aromatic nitrogens is 1. The van der Waals surface area contributed by atoms with Crippen molar-refractivity contribution >= 4 is 10.9 Å². The summed E-state index contributed by atoms with van der Waals surface area (Å²) in [4.78, 5) is 3.28. The molecular weight excluding hydrogens is 158 g/mol. The van der Waals surface area contributed by atoms with Crippen LogP contribution in [-0.4, -0.2) is 4.98 Å². The number of aryl methyl sites for hydroxylation is 1. The predicted octanol–water partition coefficient (Wildman–Crippen LogP) is 3.32. The zero-order chi connectivity index (χ0) is 9.10. The molecule has 1 heteroatoms. The fourth-order valence-corrected chi connectivity index (χ4v) is 1.64. The van der Waals surface area contributed by atoms with E-state index in [1.807, 2.05) is 0 Å². The van der Waals surface area contributed by atoms with Gasteiger partial charge in [-0.1, -0.05) is 25.1 Å². The number of benzene rings is 1. The van der Waals surface area contributed by atoms with Crippen LogP contribution in [0.2, 0.25) is 0 Å². The van der Waals surface area contributed by atoms with Gasteiger partial charge < -0.3 is 4.98 Å². The van der Waals surface area contributed by atoms with Crippen LogP contribution in [0.15, 0.2) is 30.5 Å². The Morgan fingerprint density at radius 3 is 3.00 bits per heavy atom. The van der Waals surface area contributed by atoms with Crippen LogP contribution in [0.25, 0.3) is 10.9 Å². The van der Waals surface area contributed by atoms with Gasteiger partial charge in [0, 0.05) is 17.1 Å². The standard InChI is InChI=1S/C12H14N/c1-2-3-6-10-9-13-12-8-5-4-7-11(10)12/h2,4-5,7-9,13H,3,6H2,1H3. The number of unbranched alkanes of at least 4 members (excludes halogenated alkanes) is 1. The van der Waals surface area contributed by atoms with Crippen molar-refractivity contribution in [2.45, 2.75) is 19.8 Å². The van der Waals surface area contributed by atoms with Crippen LogP contribution in [0, 0.1) is 6.42 Å². The molecule has 0 bridgehead atoms. The fraction of sp³-hybridized carbons (Fsp3) is 0.250. The normalized spacial score (nSPS) is 10.8. The zero-order valence-corrected chi connectivity index (χ0v) is 7.88. The number of hydrogen-bond donors (Lipinski definition) is 1. The summed E-state index contributed by atoms with van der Waals surface area (Å²) in [5.41, 5.74) is 2.67. The van der Waals surface area contributed by atoms with Crippen LogP contribution in [0.5, 0.6) is 0 Å². The second kappa shape index (κ2) is 3.65. The Hall–Kier alpha value is -1.24. The number of rotatable bonds is 3. The number of para-hydroxylation sites is 1. The maximum atomic E-state index is 3.28. The predicted molar refractivity (Wildman–Crippen MR) is 56.6 cm³/mol. The van der Waals surface area contributed by atoms with E-state index in [2.05, 4.69) is 48.8 Å². The summed E-state index contributed by atoms with van der Waals surface area (Å²) in [5, 5.41) is 1.37. The van der Waals surface area contributed by atoms with Gasteiger partial charge in [-0.25, -0.2) is 0 Å². The molecule has 1 nitrogen and oxygen atoms in total. The van der Waals surface area contributed by atoms with Gasteiger partial charge in [0.1, 0.15) is 0 Å². The van der Waals surface area contributed by atoms with Gasteiger partial charge in [0.05, 0.1) is 0 Å². The number of nitrogens with one attached hydrogen (secondary N) is 1. The molecule has 0 fully saturated rings. The second-order valence-electron chi connectivity index (χ2n) is 3.31. The SMILES string of the molecule is C[CH]CCc1c[nH]c2ccccc12. The van der Waals surface area contributed by atoms with Crippen LogP contribution in [-0.2, 0) is 6.42 Å². The van der Waals surface area contributed by atoms with Crippen molar-refractivity contribution in [2.24, 2.45) is 0 Å². The summed E-state index contributed by atoms with van der Waals surface area (Å²) in [6.07, 6.45) is 6.62. The summed E-state index contributed by atoms with van der Waals surface area (Å²) in [6, 6.07) is 8.45. The summed E-state index contributed by atoms with van der Waals surface area (Å²) < 4.78 is 0. The molecule has 0 unspecified atom stereocenters. The first-order valence-corrected chi connectivity index (χ1v) is 4.74. The summed E-state index contributed by atoms with van der Waals surface area (Å²) >= 11 is 0. The Labute approximate surface area is 78.8 Å². The molecule has 0 atom stereocenters. The van der Waals surface area contributed by atoms with Crippen LogP contribution in [0.4, 0.5) is 0 Å². The van der Waals surface area contributed by atoms with E-state index in [1.165, 1.54) is 16.5 Å². The first-order valence-electron chi connectivity index (χ1n) is 4.74. The van der Waals surface area contributed by atoms with Crippen molar-refractivity contribution in [1.82, 2.24) is 4.98 Å². The quantitative estimate of drug-likeness (QED) is 0.731. The highest BCUT2D eigenvalue weighted by Crippen LogP contribution is 2.18. The lowest BCUT2D eigenvalue weighted by Gasteiger charge is -1.95. The van der Waals surface area contributed by atoms with E-state index in [4.69, 9.17) is 0 Å². The Morgan fingerprint density at radius 2 is 2.15 bits per heavy atom. The highest BCUT2D eigenvalue weighted by molar-refractivity contribution is 5.82. The molecule has 2 aromatic rings. The van der Waals surface area contributed by atoms with E-state index >= 15 is 0 Å². The molecule has 1 heterocycles. The lowest BCUT2D eigenvalue weighted by molar-refractivity contribution is 0.943. The van der Waals surface area contributed by atoms with Crippen molar-refractivity contribution < 1.29 is 0 Å². The minimum Gasteiger partial charge on any atom is -0.361 e. The van der Waals surface area contributed by atoms with E-state index in [0.717, 1.165) is 12.8 Å². The third-order valence-corrected chi connectivity index (χ3v) is 2.38. The van der Waals surface area contributed by atoms with E-state index in [-0.39, 0.29) is 0 Å². The molecule has 1 aromatic carbocycles. The van der Waals surface area contributed by atoms with Gasteiger partial charge in [-0.3, -0.25) is 0 Å². The van der Waals surface area contributed by atoms with E-state index < -0.39 is 0 Å². The number of aromatic amines is 1. The molecule has 0 aliphatic carbocycles. The monoisotopic (exact) mass is 172 g/mol. The van der Waals surface area contributed by atoms with Crippen LogP contribution < -0.4 is 0 Å². The second-order valence-corrected chi connectivity index (χ2v) is 3.31. The molecule has 0 aliphatic heterocycles. The van der Waals surface area contributed by atoms with Crippen molar-refractivity contribution in [1.29, 1.82) is 0 Å². The fourth-order valence-electron chi connectivity index (χ4n) is 1.64. The lowest BCUT2D eigenvalue weighted by Crippen LogP contribution is -1.81. The van der Waals surface area contributed by atoms with Gasteiger partial charge in [0.25, 0.3) is 0 Å². The van der Waals surface area contributed by atoms with Crippen molar-refractivity contribution in [3.63, 3.8) is 0 Å². The van der Waals surface area contributed by atoms with Crippen molar-refractivity contribution in [3.05, 3.63) is 42.4 Å². The Bertz CT molecular complexity index is 387. The summed E-state index contributed by atoms with van der Waals surface area (Å²) in [7, 11) is 0. The first kappa shape index (κ1) is 8.36. The molecule has 1 N–H and O–H groups in total. The first-order chi connectivity index (χ1) is 6.42. The molecule has 0 spiro atoms. The number of H-pyrrole nitrogens is 1. The van der Waals surface area contributed by atoms with Gasteiger partial charge >= 0.3 is 0 Å². The minimum atomic E-state index is 1.14. The van der Waals surface area contributed by atoms with Gasteiger partial charge in [0.2, 0.25) is 0 Å². The Balaban J connectivity index is 2.35. The van der Waals surface area contributed by atoms with E-state index in [9.17, 15) is 0 Å². The summed E-state index contributed by atoms with van der Waals surface area (Å²) in [6.45, 7) is 2.11. The van der Waals surface area contributed by atoms with E-state index in [1.54, 1.807) is 0 Å². The minimum absolute atomic E-state index is 1.14. The third kappa shape index (κ3) is 1.59. The molecule has 0 saturated carbocycles. The third-order valence-electron chi connectivity index (χ3n) is 2.38. The van der Waals surface area contributed by atoms with Crippen molar-refractivity contribution in [3.8, 4) is 0 Å². The number of fused-ring (bicyclic) bond motifs is 1. The van der Waals surface area contributed by atoms with Gasteiger partial charge in [-0.15, -0.1) is 0 Å². The molecule has 0 amide bonds. The molecule has 1 radical (unpaired) electrons. The van der Waals surface area contributed by atoms with Gasteiger partial charge in [0.15, 0.2) is 0 Å². The highest BCUT2D eigenvalue weighted by atomic mass is 14.7. The Morgan fingerprint density at radius 1 is 1.31 bits per heavy atom. The Kier molecular flexibility index (Phi) is 2.35. The highest BCUT2D eigenvalue weighted by Gasteiger charge is 2.00. The number of hydrogen-bond acceptors (Lipinski definition) is 0. The van der Waals surface area contributed by atoms with Gasteiger partial charge in [-0.2, -0.15) is 0 Å². The molecule has 13 heavy (non-hydrogen) atoms. The molecule has 0 aliphatic rings. The van der Waals surface area contributed by atoms with Gasteiger partial charge in [-0.05, 0) is 30.9 Å². The van der Waals surface area contributed by atoms with Crippen LogP contribution in [0.1, 0.15) is 18.9 Å². The zero-order valence-electron chi connectivity index (χ0n) is 7.88. The van der Waals surface area contributed by atoms with E-state index in [0.29, 0.717) is 0 Å². The van der Waals surface area contributed by atoms with Crippen LogP contribution in [0.3, 0.4) is 0 Å². The smallest absolute Gasteiger partial charge is 0.0456 e. The average molecular weight is 172 g/mol. The average Bonchev–Trinajstić information content (AvgIpc) is 2.58. The molecule has 67 valence electrons. The summed E-state index contributed by atoms with van der Waals surface area (Å²) in [5.74, 6) is 0. The molecule has 0 saturated heterocycles. The molecular formula is C12H14N. The largest absolute Gasteiger partial charge is 0.361 e.